The Hall–Kier alpha value is -2.94. The van der Waals surface area contributed by atoms with Crippen LogP contribution in [-0.2, 0) is 6.42 Å². The Morgan fingerprint density at radius 1 is 0.667 bits per heavy atom. The number of fused-ring (bicyclic) bond motifs is 1. The average Bonchev–Trinajstić information content (AvgIpc) is 3.29. The van der Waals surface area contributed by atoms with Crippen molar-refractivity contribution < 1.29 is 0 Å². The molecule has 3 aromatic rings. The third-order valence-corrected chi connectivity index (χ3v) is 5.82. The molecule has 2 aliphatic heterocycles. The summed E-state index contributed by atoms with van der Waals surface area (Å²) in [4.78, 5) is 7.71. The zero-order valence-electron chi connectivity index (χ0n) is 15.7. The van der Waals surface area contributed by atoms with E-state index in [4.69, 9.17) is 0 Å². The van der Waals surface area contributed by atoms with Crippen LogP contribution in [0.15, 0.2) is 84.9 Å². The van der Waals surface area contributed by atoms with Crippen LogP contribution in [0.3, 0.4) is 0 Å². The van der Waals surface area contributed by atoms with Gasteiger partial charge in [0, 0.05) is 36.2 Å². The molecule has 0 radical (unpaired) electrons. The summed E-state index contributed by atoms with van der Waals surface area (Å²) in [6.45, 7) is 4.40. The van der Waals surface area contributed by atoms with Crippen molar-refractivity contribution in [2.75, 3.05) is 27.8 Å². The van der Waals surface area contributed by atoms with Crippen molar-refractivity contribution in [2.45, 2.75) is 25.7 Å². The summed E-state index contributed by atoms with van der Waals surface area (Å²) in [5.41, 5.74) is 5.41. The molecule has 1 saturated heterocycles. The van der Waals surface area contributed by atoms with Crippen LogP contribution in [0.25, 0.3) is 0 Å². The van der Waals surface area contributed by atoms with Crippen LogP contribution in [-0.4, -0.2) is 25.4 Å². The van der Waals surface area contributed by atoms with Gasteiger partial charge in [-0.1, -0.05) is 54.6 Å². The third-order valence-electron chi connectivity index (χ3n) is 5.82. The number of para-hydroxylation sites is 3. The Morgan fingerprint density at radius 2 is 1.19 bits per heavy atom. The molecule has 1 fully saturated rings. The second-order valence-corrected chi connectivity index (χ2v) is 7.49. The predicted molar refractivity (Wildman–Crippen MR) is 113 cm³/mol. The molecular weight excluding hydrogens is 330 g/mol. The van der Waals surface area contributed by atoms with Gasteiger partial charge < -0.3 is 14.7 Å². The molecule has 136 valence electrons. The minimum atomic E-state index is 0.188. The van der Waals surface area contributed by atoms with Crippen LogP contribution in [0.1, 0.15) is 12.5 Å². The first-order valence-corrected chi connectivity index (χ1v) is 9.82. The van der Waals surface area contributed by atoms with E-state index in [1.165, 1.54) is 22.6 Å². The first-order chi connectivity index (χ1) is 13.3. The summed E-state index contributed by atoms with van der Waals surface area (Å²) in [6, 6.07) is 31.0. The highest BCUT2D eigenvalue weighted by Gasteiger charge is 2.41. The lowest BCUT2D eigenvalue weighted by Gasteiger charge is -2.42. The second kappa shape index (κ2) is 6.66. The molecule has 0 saturated carbocycles. The Kier molecular flexibility index (Phi) is 4.01. The van der Waals surface area contributed by atoms with E-state index < -0.39 is 0 Å². The summed E-state index contributed by atoms with van der Waals surface area (Å²) < 4.78 is 0. The molecule has 5 rings (SSSR count). The van der Waals surface area contributed by atoms with E-state index in [1.54, 1.807) is 0 Å². The van der Waals surface area contributed by atoms with Crippen molar-refractivity contribution in [3.05, 3.63) is 90.5 Å². The Balaban J connectivity index is 1.61. The summed E-state index contributed by atoms with van der Waals surface area (Å²) in [5, 5.41) is 0. The number of anilines is 3. The standard InChI is InChI=1S/C24H25N3/c1-19-18-20-10-8-9-15-23(20)27(19)24-25(21-11-4-2-5-12-21)16-17-26(24)22-13-6-3-7-14-22/h2-15,19,24H,16-18H2,1H3. The van der Waals surface area contributed by atoms with E-state index >= 15 is 0 Å². The van der Waals surface area contributed by atoms with Crippen LogP contribution in [0.4, 0.5) is 17.1 Å². The van der Waals surface area contributed by atoms with Crippen molar-refractivity contribution in [3.63, 3.8) is 0 Å². The summed E-state index contributed by atoms with van der Waals surface area (Å²) in [5.74, 6) is 0. The molecule has 3 aromatic carbocycles. The summed E-state index contributed by atoms with van der Waals surface area (Å²) >= 11 is 0. The monoisotopic (exact) mass is 355 g/mol. The number of rotatable bonds is 3. The summed E-state index contributed by atoms with van der Waals surface area (Å²) in [7, 11) is 0. The van der Waals surface area contributed by atoms with Gasteiger partial charge in [0.25, 0.3) is 0 Å². The highest BCUT2D eigenvalue weighted by molar-refractivity contribution is 5.66. The first-order valence-electron chi connectivity index (χ1n) is 9.82. The largest absolute Gasteiger partial charge is 0.332 e. The zero-order chi connectivity index (χ0) is 18.2. The molecule has 0 bridgehead atoms. The molecule has 3 nitrogen and oxygen atoms in total. The van der Waals surface area contributed by atoms with E-state index in [0.29, 0.717) is 6.04 Å². The van der Waals surface area contributed by atoms with E-state index in [0.717, 1.165) is 19.5 Å². The molecular formula is C24H25N3. The molecule has 3 heteroatoms. The van der Waals surface area contributed by atoms with E-state index in [9.17, 15) is 0 Å². The van der Waals surface area contributed by atoms with Gasteiger partial charge >= 0.3 is 0 Å². The first kappa shape index (κ1) is 16.2. The van der Waals surface area contributed by atoms with E-state index in [-0.39, 0.29) is 6.29 Å². The maximum Gasteiger partial charge on any atom is 0.181 e. The van der Waals surface area contributed by atoms with Crippen molar-refractivity contribution in [2.24, 2.45) is 0 Å². The average molecular weight is 355 g/mol. The highest BCUT2D eigenvalue weighted by Crippen LogP contribution is 2.39. The van der Waals surface area contributed by atoms with Crippen molar-refractivity contribution in [3.8, 4) is 0 Å². The van der Waals surface area contributed by atoms with Crippen molar-refractivity contribution >= 4 is 17.1 Å². The topological polar surface area (TPSA) is 9.72 Å². The molecule has 2 aliphatic rings. The normalized spacial score (nSPS) is 19.6. The fourth-order valence-corrected chi connectivity index (χ4v) is 4.62. The van der Waals surface area contributed by atoms with E-state index in [1.807, 2.05) is 0 Å². The molecule has 2 heterocycles. The van der Waals surface area contributed by atoms with E-state index in [2.05, 4.69) is 107 Å². The quantitative estimate of drug-likeness (QED) is 0.671. The van der Waals surface area contributed by atoms with Crippen LogP contribution in [0.5, 0.6) is 0 Å². The Bertz CT molecular complexity index is 862. The molecule has 27 heavy (non-hydrogen) atoms. The predicted octanol–water partition coefficient (Wildman–Crippen LogP) is 4.75. The minimum absolute atomic E-state index is 0.188. The molecule has 0 spiro atoms. The fourth-order valence-electron chi connectivity index (χ4n) is 4.62. The molecule has 0 aliphatic carbocycles. The second-order valence-electron chi connectivity index (χ2n) is 7.49. The maximum atomic E-state index is 2.61. The lowest BCUT2D eigenvalue weighted by molar-refractivity contribution is 0.555. The maximum absolute atomic E-state index is 2.61. The van der Waals surface area contributed by atoms with Gasteiger partial charge in [-0.2, -0.15) is 0 Å². The molecule has 1 atom stereocenters. The van der Waals surface area contributed by atoms with Crippen LogP contribution in [0.2, 0.25) is 0 Å². The fraction of sp³-hybridized carbons (Fsp3) is 0.250. The van der Waals surface area contributed by atoms with Gasteiger partial charge in [-0.05, 0) is 49.2 Å². The highest BCUT2D eigenvalue weighted by atomic mass is 15.6. The van der Waals surface area contributed by atoms with Crippen LogP contribution >= 0.6 is 0 Å². The lowest BCUT2D eigenvalue weighted by Crippen LogP contribution is -2.55. The molecule has 0 N–H and O–H groups in total. The van der Waals surface area contributed by atoms with Crippen LogP contribution in [0, 0.1) is 0 Å². The number of hydrogen-bond donors (Lipinski definition) is 0. The number of benzene rings is 3. The SMILES string of the molecule is CC1Cc2ccccc2N1C1N(c2ccccc2)CCN1c1ccccc1. The Labute approximate surface area is 161 Å². The van der Waals surface area contributed by atoms with Gasteiger partial charge in [-0.3, -0.25) is 0 Å². The minimum Gasteiger partial charge on any atom is -0.332 e. The molecule has 0 amide bonds. The molecule has 0 aromatic heterocycles. The van der Waals surface area contributed by atoms with Crippen molar-refractivity contribution in [1.29, 1.82) is 0 Å². The van der Waals surface area contributed by atoms with Gasteiger partial charge in [0.05, 0.1) is 0 Å². The zero-order valence-corrected chi connectivity index (χ0v) is 15.7. The number of hydrogen-bond acceptors (Lipinski definition) is 3. The van der Waals surface area contributed by atoms with Gasteiger partial charge in [0.15, 0.2) is 6.29 Å². The Morgan fingerprint density at radius 3 is 1.78 bits per heavy atom. The lowest BCUT2D eigenvalue weighted by atomic mass is 10.1. The van der Waals surface area contributed by atoms with Crippen molar-refractivity contribution in [1.82, 2.24) is 0 Å². The van der Waals surface area contributed by atoms with Gasteiger partial charge in [-0.15, -0.1) is 0 Å². The number of nitrogens with zero attached hydrogens (tertiary/aromatic N) is 3. The van der Waals surface area contributed by atoms with Gasteiger partial charge in [0.1, 0.15) is 0 Å². The molecule has 1 unspecified atom stereocenters. The van der Waals surface area contributed by atoms with Gasteiger partial charge in [0.2, 0.25) is 0 Å². The smallest absolute Gasteiger partial charge is 0.181 e. The van der Waals surface area contributed by atoms with Gasteiger partial charge in [-0.25, -0.2) is 0 Å². The third kappa shape index (κ3) is 2.74. The van der Waals surface area contributed by atoms with Crippen LogP contribution < -0.4 is 14.7 Å². The summed E-state index contributed by atoms with van der Waals surface area (Å²) in [6.07, 6.45) is 1.30.